The minimum atomic E-state index is 0.275. The molecule has 1 N–H and O–H groups in total. The Bertz CT molecular complexity index is 244. The van der Waals surface area contributed by atoms with Gasteiger partial charge in [0, 0.05) is 18.8 Å². The molecule has 0 saturated carbocycles. The van der Waals surface area contributed by atoms with Gasteiger partial charge in [-0.2, -0.15) is 0 Å². The Balaban J connectivity index is 1.90. The van der Waals surface area contributed by atoms with Crippen molar-refractivity contribution in [2.45, 2.75) is 18.9 Å². The van der Waals surface area contributed by atoms with E-state index in [9.17, 15) is 0 Å². The quantitative estimate of drug-likeness (QED) is 0.732. The molecule has 2 rings (SSSR count). The average Bonchev–Trinajstić information content (AvgIpc) is 2.21. The van der Waals surface area contributed by atoms with Crippen molar-refractivity contribution in [2.24, 2.45) is 0 Å². The number of piperidine rings is 1. The molecule has 1 unspecified atom stereocenters. The van der Waals surface area contributed by atoms with Gasteiger partial charge in [-0.15, -0.1) is 0 Å². The van der Waals surface area contributed by atoms with E-state index in [0.717, 1.165) is 19.5 Å². The Morgan fingerprint density at radius 1 is 1.62 bits per heavy atom. The normalized spacial score (nSPS) is 22.6. The summed E-state index contributed by atoms with van der Waals surface area (Å²) in [5.74, 6) is 0.677. The van der Waals surface area contributed by atoms with Crippen LogP contribution in [0.25, 0.3) is 0 Å². The lowest BCUT2D eigenvalue weighted by Crippen LogP contribution is -2.37. The summed E-state index contributed by atoms with van der Waals surface area (Å²) in [5.41, 5.74) is 0. The molecule has 1 radical (unpaired) electrons. The second-order valence-corrected chi connectivity index (χ2v) is 3.18. The first-order chi connectivity index (χ1) is 6.45. The molecular weight excluding hydrogens is 164 g/mol. The molecule has 1 aromatic heterocycles. The monoisotopic (exact) mass is 177 g/mol. The van der Waals surface area contributed by atoms with Crippen LogP contribution in [0.1, 0.15) is 12.8 Å². The molecule has 13 heavy (non-hydrogen) atoms. The van der Waals surface area contributed by atoms with E-state index in [1.807, 2.05) is 0 Å². The zero-order chi connectivity index (χ0) is 8.93. The van der Waals surface area contributed by atoms with Crippen LogP contribution >= 0.6 is 0 Å². The highest BCUT2D eigenvalue weighted by molar-refractivity contribution is 5.08. The Hall–Kier alpha value is -1.09. The maximum atomic E-state index is 5.65. The molecule has 1 aromatic rings. The third-order valence-electron chi connectivity index (χ3n) is 2.12. The molecule has 1 aliphatic heterocycles. The van der Waals surface area contributed by atoms with Gasteiger partial charge in [0.15, 0.2) is 0 Å². The molecule has 0 spiro atoms. The summed E-state index contributed by atoms with van der Waals surface area (Å²) >= 11 is 0. The highest BCUT2D eigenvalue weighted by Crippen LogP contribution is 2.11. The van der Waals surface area contributed by atoms with Crippen molar-refractivity contribution in [3.8, 4) is 5.88 Å². The van der Waals surface area contributed by atoms with E-state index in [4.69, 9.17) is 4.74 Å². The van der Waals surface area contributed by atoms with Gasteiger partial charge < -0.3 is 10.1 Å². The zero-order valence-corrected chi connectivity index (χ0v) is 7.49. The van der Waals surface area contributed by atoms with Crippen LogP contribution in [-0.2, 0) is 0 Å². The van der Waals surface area contributed by atoms with Crippen molar-refractivity contribution in [3.63, 3.8) is 0 Å². The fourth-order valence-corrected chi connectivity index (χ4v) is 1.47. The van der Waals surface area contributed by atoms with Crippen molar-refractivity contribution in [3.05, 3.63) is 24.4 Å². The molecule has 2 heterocycles. The SMILES string of the molecule is [c]1ccnc(OC2CCCNC2)c1. The van der Waals surface area contributed by atoms with Crippen LogP contribution in [0.4, 0.5) is 0 Å². The number of rotatable bonds is 2. The van der Waals surface area contributed by atoms with Gasteiger partial charge in [0.25, 0.3) is 0 Å². The standard InChI is InChI=1S/C10H13N2O/c1-2-7-12-10(5-1)13-9-4-3-6-11-8-9/h2,5,7,9,11H,3-4,6,8H2. The Morgan fingerprint density at radius 3 is 3.31 bits per heavy atom. The molecule has 0 amide bonds. The van der Waals surface area contributed by atoms with Crippen LogP contribution in [0.2, 0.25) is 0 Å². The van der Waals surface area contributed by atoms with Gasteiger partial charge in [0.1, 0.15) is 6.10 Å². The topological polar surface area (TPSA) is 34.1 Å². The first-order valence-corrected chi connectivity index (χ1v) is 4.64. The molecule has 69 valence electrons. The summed E-state index contributed by atoms with van der Waals surface area (Å²) in [4.78, 5) is 4.09. The van der Waals surface area contributed by atoms with Gasteiger partial charge >= 0.3 is 0 Å². The minimum Gasteiger partial charge on any atom is -0.473 e. The summed E-state index contributed by atoms with van der Waals surface area (Å²) in [5, 5.41) is 3.29. The molecule has 3 heteroatoms. The molecular formula is C10H13N2O. The highest BCUT2D eigenvalue weighted by Gasteiger charge is 2.14. The summed E-state index contributed by atoms with van der Waals surface area (Å²) in [7, 11) is 0. The molecule has 1 aliphatic rings. The zero-order valence-electron chi connectivity index (χ0n) is 7.49. The van der Waals surface area contributed by atoms with E-state index in [2.05, 4.69) is 16.4 Å². The van der Waals surface area contributed by atoms with Crippen molar-refractivity contribution in [1.82, 2.24) is 10.3 Å². The highest BCUT2D eigenvalue weighted by atomic mass is 16.5. The molecule has 1 fully saturated rings. The van der Waals surface area contributed by atoms with E-state index >= 15 is 0 Å². The third-order valence-corrected chi connectivity index (χ3v) is 2.12. The van der Waals surface area contributed by atoms with Crippen LogP contribution in [0.5, 0.6) is 5.88 Å². The number of hydrogen-bond acceptors (Lipinski definition) is 3. The number of nitrogens with zero attached hydrogens (tertiary/aromatic N) is 1. The van der Waals surface area contributed by atoms with E-state index in [-0.39, 0.29) is 6.10 Å². The van der Waals surface area contributed by atoms with Crippen LogP contribution in [-0.4, -0.2) is 24.2 Å². The summed E-state index contributed by atoms with van der Waals surface area (Å²) in [6.45, 7) is 2.03. The third kappa shape index (κ3) is 2.42. The Labute approximate surface area is 78.1 Å². The largest absolute Gasteiger partial charge is 0.473 e. The molecule has 1 atom stereocenters. The number of aromatic nitrogens is 1. The van der Waals surface area contributed by atoms with Gasteiger partial charge in [-0.3, -0.25) is 0 Å². The number of hydrogen-bond donors (Lipinski definition) is 1. The maximum absolute atomic E-state index is 5.65. The van der Waals surface area contributed by atoms with Crippen molar-refractivity contribution in [2.75, 3.05) is 13.1 Å². The smallest absolute Gasteiger partial charge is 0.214 e. The predicted molar refractivity (Wildman–Crippen MR) is 49.6 cm³/mol. The first kappa shape index (κ1) is 8.51. The van der Waals surface area contributed by atoms with E-state index in [1.165, 1.54) is 6.42 Å². The number of pyridine rings is 1. The second kappa shape index (κ2) is 4.23. The lowest BCUT2D eigenvalue weighted by Gasteiger charge is -2.23. The Morgan fingerprint density at radius 2 is 2.62 bits per heavy atom. The molecule has 0 bridgehead atoms. The van der Waals surface area contributed by atoms with E-state index < -0.39 is 0 Å². The van der Waals surface area contributed by atoms with Crippen LogP contribution in [0, 0.1) is 6.07 Å². The first-order valence-electron chi connectivity index (χ1n) is 4.64. The summed E-state index contributed by atoms with van der Waals surface area (Å²) in [6.07, 6.45) is 4.27. The van der Waals surface area contributed by atoms with Gasteiger partial charge in [-0.25, -0.2) is 4.98 Å². The molecule has 3 nitrogen and oxygen atoms in total. The predicted octanol–water partition coefficient (Wildman–Crippen LogP) is 1.01. The molecule has 0 aliphatic carbocycles. The lowest BCUT2D eigenvalue weighted by atomic mass is 10.1. The van der Waals surface area contributed by atoms with E-state index in [0.29, 0.717) is 5.88 Å². The summed E-state index contributed by atoms with van der Waals surface area (Å²) in [6, 6.07) is 6.48. The van der Waals surface area contributed by atoms with Gasteiger partial charge in [-0.1, -0.05) is 0 Å². The van der Waals surface area contributed by atoms with Crippen molar-refractivity contribution in [1.29, 1.82) is 0 Å². The van der Waals surface area contributed by atoms with Crippen molar-refractivity contribution < 1.29 is 4.74 Å². The lowest BCUT2D eigenvalue weighted by molar-refractivity contribution is 0.160. The van der Waals surface area contributed by atoms with E-state index in [1.54, 1.807) is 18.3 Å². The number of nitrogens with one attached hydrogen (secondary N) is 1. The fraction of sp³-hybridized carbons (Fsp3) is 0.500. The van der Waals surface area contributed by atoms with Crippen LogP contribution in [0.3, 0.4) is 0 Å². The molecule has 0 aromatic carbocycles. The van der Waals surface area contributed by atoms with Crippen LogP contribution < -0.4 is 10.1 Å². The Kier molecular flexibility index (Phi) is 2.77. The van der Waals surface area contributed by atoms with Crippen LogP contribution in [0.15, 0.2) is 18.3 Å². The maximum Gasteiger partial charge on any atom is 0.214 e. The number of ether oxygens (including phenoxy) is 1. The minimum absolute atomic E-state index is 0.275. The van der Waals surface area contributed by atoms with Gasteiger partial charge in [0.2, 0.25) is 5.88 Å². The summed E-state index contributed by atoms with van der Waals surface area (Å²) < 4.78 is 5.65. The van der Waals surface area contributed by atoms with Gasteiger partial charge in [-0.05, 0) is 31.5 Å². The fourth-order valence-electron chi connectivity index (χ4n) is 1.47. The second-order valence-electron chi connectivity index (χ2n) is 3.18. The average molecular weight is 177 g/mol. The molecule has 1 saturated heterocycles. The van der Waals surface area contributed by atoms with Crippen molar-refractivity contribution >= 4 is 0 Å². The van der Waals surface area contributed by atoms with Gasteiger partial charge in [0.05, 0.1) is 0 Å².